The summed E-state index contributed by atoms with van der Waals surface area (Å²) < 4.78 is 5.82. The molecule has 1 aliphatic heterocycles. The molecule has 4 nitrogen and oxygen atoms in total. The first kappa shape index (κ1) is 17.5. The van der Waals surface area contributed by atoms with E-state index in [0.717, 1.165) is 17.2 Å². The number of aryl methyl sites for hydroxylation is 1. The molecule has 1 amide bonds. The topological polar surface area (TPSA) is 46.6 Å². The number of amides is 1. The Balaban J connectivity index is 1.63. The number of carbonyl (C=O) groups is 2. The molecule has 2 aromatic carbocycles. The molecule has 2 aromatic rings. The first-order chi connectivity index (χ1) is 12.0. The molecule has 1 saturated heterocycles. The second kappa shape index (κ2) is 7.74. The molecule has 0 bridgehead atoms. The summed E-state index contributed by atoms with van der Waals surface area (Å²) in [6, 6.07) is 15.4. The van der Waals surface area contributed by atoms with E-state index in [9.17, 15) is 9.59 Å². The number of hydrogen-bond donors (Lipinski definition) is 0. The maximum absolute atomic E-state index is 12.2. The van der Waals surface area contributed by atoms with Gasteiger partial charge in [-0.25, -0.2) is 0 Å². The van der Waals surface area contributed by atoms with E-state index in [1.807, 2.05) is 55.5 Å². The van der Waals surface area contributed by atoms with Crippen molar-refractivity contribution in [2.75, 3.05) is 17.2 Å². The summed E-state index contributed by atoms with van der Waals surface area (Å²) in [4.78, 5) is 25.1. The van der Waals surface area contributed by atoms with Gasteiger partial charge in [-0.1, -0.05) is 29.5 Å². The van der Waals surface area contributed by atoms with Gasteiger partial charge in [0.2, 0.25) is 5.91 Å². The normalized spacial score (nSPS) is 17.0. The lowest BCUT2D eigenvalue weighted by Crippen LogP contribution is -2.24. The fourth-order valence-corrected chi connectivity index (χ4v) is 3.51. The molecule has 1 unspecified atom stereocenters. The van der Waals surface area contributed by atoms with Crippen molar-refractivity contribution in [3.8, 4) is 11.5 Å². The fraction of sp³-hybridized carbons (Fsp3) is 0.300. The summed E-state index contributed by atoms with van der Waals surface area (Å²) in [6.07, 6.45) is 0.502. The van der Waals surface area contributed by atoms with E-state index < -0.39 is 0 Å². The van der Waals surface area contributed by atoms with Crippen molar-refractivity contribution in [3.63, 3.8) is 0 Å². The predicted molar refractivity (Wildman–Crippen MR) is 101 cm³/mol. The molecule has 1 aliphatic rings. The van der Waals surface area contributed by atoms with E-state index in [4.69, 9.17) is 4.74 Å². The highest BCUT2D eigenvalue weighted by atomic mass is 32.2. The van der Waals surface area contributed by atoms with Gasteiger partial charge in [0, 0.05) is 31.3 Å². The maximum atomic E-state index is 12.2. The zero-order valence-corrected chi connectivity index (χ0v) is 15.2. The van der Waals surface area contributed by atoms with Gasteiger partial charge < -0.3 is 9.64 Å². The van der Waals surface area contributed by atoms with Crippen LogP contribution < -0.4 is 9.64 Å². The molecule has 1 heterocycles. The van der Waals surface area contributed by atoms with Crippen LogP contribution in [0.5, 0.6) is 11.5 Å². The summed E-state index contributed by atoms with van der Waals surface area (Å²) >= 11 is 1.29. The van der Waals surface area contributed by atoms with Gasteiger partial charge in [0.05, 0.1) is 0 Å². The summed E-state index contributed by atoms with van der Waals surface area (Å²) in [5, 5.41) is 0.100. The number of ether oxygens (including phenoxy) is 1. The molecule has 0 radical (unpaired) electrons. The van der Waals surface area contributed by atoms with Crippen molar-refractivity contribution >= 4 is 28.5 Å². The zero-order valence-electron chi connectivity index (χ0n) is 14.4. The summed E-state index contributed by atoms with van der Waals surface area (Å²) in [5.74, 6) is 2.57. The molecule has 3 rings (SSSR count). The molecule has 0 spiro atoms. The maximum Gasteiger partial charge on any atom is 0.227 e. The monoisotopic (exact) mass is 355 g/mol. The van der Waals surface area contributed by atoms with Crippen LogP contribution in [0.15, 0.2) is 48.5 Å². The molecular weight excluding hydrogens is 334 g/mol. The van der Waals surface area contributed by atoms with Crippen LogP contribution >= 0.6 is 11.8 Å². The van der Waals surface area contributed by atoms with Crippen LogP contribution in [-0.4, -0.2) is 23.3 Å². The average molecular weight is 355 g/mol. The van der Waals surface area contributed by atoms with Crippen LogP contribution in [-0.2, 0) is 9.59 Å². The third kappa shape index (κ3) is 4.63. The standard InChI is InChI=1S/C20H21NO3S/c1-14-3-7-18(8-4-14)24-19-9-5-17(6-10-19)21-12-16(11-20(21)23)13-25-15(2)22/h3-10,16H,11-13H2,1-2H3. The second-order valence-electron chi connectivity index (χ2n) is 6.29. The van der Waals surface area contributed by atoms with Gasteiger partial charge in [0.1, 0.15) is 11.5 Å². The minimum atomic E-state index is 0.100. The van der Waals surface area contributed by atoms with Crippen molar-refractivity contribution in [1.29, 1.82) is 0 Å². The Bertz CT molecular complexity index is 756. The second-order valence-corrected chi connectivity index (χ2v) is 7.48. The smallest absolute Gasteiger partial charge is 0.227 e. The Labute approximate surface area is 152 Å². The largest absolute Gasteiger partial charge is 0.457 e. The van der Waals surface area contributed by atoms with Crippen LogP contribution in [0, 0.1) is 12.8 Å². The van der Waals surface area contributed by atoms with Gasteiger partial charge in [-0.15, -0.1) is 0 Å². The number of anilines is 1. The fourth-order valence-electron chi connectivity index (χ4n) is 2.81. The molecule has 0 aromatic heterocycles. The number of nitrogens with zero attached hydrogens (tertiary/aromatic N) is 1. The van der Waals surface area contributed by atoms with E-state index in [-0.39, 0.29) is 16.9 Å². The number of thioether (sulfide) groups is 1. The van der Waals surface area contributed by atoms with Crippen molar-refractivity contribution in [2.45, 2.75) is 20.3 Å². The van der Waals surface area contributed by atoms with Crippen molar-refractivity contribution < 1.29 is 14.3 Å². The number of benzene rings is 2. The Hall–Kier alpha value is -2.27. The lowest BCUT2D eigenvalue weighted by molar-refractivity contribution is -0.117. The molecule has 1 fully saturated rings. The molecule has 1 atom stereocenters. The molecule has 5 heteroatoms. The first-order valence-corrected chi connectivity index (χ1v) is 9.28. The summed E-state index contributed by atoms with van der Waals surface area (Å²) in [6.45, 7) is 4.26. The minimum absolute atomic E-state index is 0.100. The lowest BCUT2D eigenvalue weighted by atomic mass is 10.1. The first-order valence-electron chi connectivity index (χ1n) is 8.29. The molecule has 25 heavy (non-hydrogen) atoms. The highest BCUT2D eigenvalue weighted by molar-refractivity contribution is 8.13. The van der Waals surface area contributed by atoms with Crippen LogP contribution in [0.2, 0.25) is 0 Å². The predicted octanol–water partition coefficient (Wildman–Crippen LogP) is 4.42. The summed E-state index contributed by atoms with van der Waals surface area (Å²) in [7, 11) is 0. The van der Waals surface area contributed by atoms with Gasteiger partial charge in [-0.05, 0) is 49.2 Å². The molecular formula is C20H21NO3S. The Morgan fingerprint density at radius 3 is 2.32 bits per heavy atom. The van der Waals surface area contributed by atoms with Crippen molar-refractivity contribution in [3.05, 3.63) is 54.1 Å². The number of hydrogen-bond acceptors (Lipinski definition) is 4. The zero-order chi connectivity index (χ0) is 17.8. The van der Waals surface area contributed by atoms with Crippen molar-refractivity contribution in [1.82, 2.24) is 0 Å². The molecule has 130 valence electrons. The van der Waals surface area contributed by atoms with Crippen molar-refractivity contribution in [2.24, 2.45) is 5.92 Å². The van der Waals surface area contributed by atoms with Gasteiger partial charge >= 0.3 is 0 Å². The van der Waals surface area contributed by atoms with Gasteiger partial charge in [0.25, 0.3) is 0 Å². The SMILES string of the molecule is CC(=O)SCC1CC(=O)N(c2ccc(Oc3ccc(C)cc3)cc2)C1. The van der Waals surface area contributed by atoms with E-state index in [0.29, 0.717) is 18.7 Å². The van der Waals surface area contributed by atoms with Crippen LogP contribution in [0.1, 0.15) is 18.9 Å². The average Bonchev–Trinajstić information content (AvgIpc) is 2.97. The summed E-state index contributed by atoms with van der Waals surface area (Å²) in [5.41, 5.74) is 2.06. The highest BCUT2D eigenvalue weighted by Gasteiger charge is 2.30. The quantitative estimate of drug-likeness (QED) is 0.796. The highest BCUT2D eigenvalue weighted by Crippen LogP contribution is 2.30. The third-order valence-electron chi connectivity index (χ3n) is 4.13. The third-order valence-corrected chi connectivity index (χ3v) is 5.18. The lowest BCUT2D eigenvalue weighted by Gasteiger charge is -2.17. The van der Waals surface area contributed by atoms with E-state index in [2.05, 4.69) is 0 Å². The van der Waals surface area contributed by atoms with E-state index >= 15 is 0 Å². The van der Waals surface area contributed by atoms with E-state index in [1.165, 1.54) is 17.3 Å². The number of carbonyl (C=O) groups excluding carboxylic acids is 2. The molecule has 0 saturated carbocycles. The Morgan fingerprint density at radius 2 is 1.72 bits per heavy atom. The van der Waals surface area contributed by atoms with Crippen LogP contribution in [0.3, 0.4) is 0 Å². The Morgan fingerprint density at radius 1 is 1.12 bits per heavy atom. The molecule has 0 N–H and O–H groups in total. The van der Waals surface area contributed by atoms with Crippen LogP contribution in [0.25, 0.3) is 0 Å². The van der Waals surface area contributed by atoms with Gasteiger partial charge in [0.15, 0.2) is 5.12 Å². The van der Waals surface area contributed by atoms with E-state index in [1.54, 1.807) is 11.8 Å². The van der Waals surface area contributed by atoms with Gasteiger partial charge in [-0.3, -0.25) is 9.59 Å². The number of rotatable bonds is 5. The van der Waals surface area contributed by atoms with Gasteiger partial charge in [-0.2, -0.15) is 0 Å². The minimum Gasteiger partial charge on any atom is -0.457 e. The van der Waals surface area contributed by atoms with Crippen LogP contribution in [0.4, 0.5) is 5.69 Å². The molecule has 0 aliphatic carbocycles. The Kier molecular flexibility index (Phi) is 5.43.